The van der Waals surface area contributed by atoms with E-state index in [9.17, 15) is 8.42 Å². The highest BCUT2D eigenvalue weighted by molar-refractivity contribution is 7.89. The first kappa shape index (κ1) is 16.8. The smallest absolute Gasteiger partial charge is 0.244 e. The highest BCUT2D eigenvalue weighted by atomic mass is 32.2. The van der Waals surface area contributed by atoms with Crippen LogP contribution in [0.4, 0.5) is 0 Å². The van der Waals surface area contributed by atoms with Crippen molar-refractivity contribution in [3.63, 3.8) is 0 Å². The largest absolute Gasteiger partial charge is 0.495 e. The van der Waals surface area contributed by atoms with Crippen molar-refractivity contribution in [3.05, 3.63) is 34.6 Å². The first-order valence-corrected chi connectivity index (χ1v) is 9.53. The molecule has 0 saturated carbocycles. The van der Waals surface area contributed by atoms with Crippen LogP contribution in [-0.4, -0.2) is 41.9 Å². The van der Waals surface area contributed by atoms with Crippen LogP contribution in [0.1, 0.15) is 16.4 Å². The predicted molar refractivity (Wildman–Crippen MR) is 90.0 cm³/mol. The number of nitrogens with one attached hydrogen (secondary N) is 1. The molecule has 0 atom stereocenters. The fourth-order valence-electron chi connectivity index (χ4n) is 2.22. The summed E-state index contributed by atoms with van der Waals surface area (Å²) in [5.74, 6) is 1.03. The van der Waals surface area contributed by atoms with Gasteiger partial charge in [-0.15, -0.1) is 10.2 Å². The Morgan fingerprint density at radius 2 is 2.08 bits per heavy atom. The molecule has 10 heteroatoms. The summed E-state index contributed by atoms with van der Waals surface area (Å²) in [6, 6.07) is 5.04. The maximum atomic E-state index is 12.5. The van der Waals surface area contributed by atoms with Crippen LogP contribution in [0.15, 0.2) is 23.1 Å². The van der Waals surface area contributed by atoms with Crippen LogP contribution < -0.4 is 9.46 Å². The average molecular weight is 367 g/mol. The van der Waals surface area contributed by atoms with Gasteiger partial charge in [-0.05, 0) is 31.5 Å². The molecule has 0 aliphatic carbocycles. The minimum absolute atomic E-state index is 0.138. The minimum Gasteiger partial charge on any atom is -0.495 e. The Kier molecular flexibility index (Phi) is 4.52. The quantitative estimate of drug-likeness (QED) is 0.706. The standard InChI is InChI=1S/C14H17N5O3S2/c1-9-4-5-11(22-3)12(8-9)24(20,21)15-7-6-13-18-19-10(2)16-17-14(19)23-13/h4-5,8,15H,6-7H2,1-3H3. The van der Waals surface area contributed by atoms with E-state index < -0.39 is 10.0 Å². The Labute approximate surface area is 143 Å². The third kappa shape index (κ3) is 3.25. The lowest BCUT2D eigenvalue weighted by Gasteiger charge is -2.11. The summed E-state index contributed by atoms with van der Waals surface area (Å²) in [6.07, 6.45) is 0.473. The summed E-state index contributed by atoms with van der Waals surface area (Å²) >= 11 is 1.39. The Hall–Kier alpha value is -2.04. The Balaban J connectivity index is 1.72. The number of sulfonamides is 1. The molecule has 3 aromatic rings. The molecule has 128 valence electrons. The normalized spacial score (nSPS) is 12.0. The molecule has 0 aliphatic heterocycles. The fraction of sp³-hybridized carbons (Fsp3) is 0.357. The van der Waals surface area contributed by atoms with Gasteiger partial charge in [0.15, 0.2) is 5.82 Å². The summed E-state index contributed by atoms with van der Waals surface area (Å²) in [7, 11) is -2.20. The lowest BCUT2D eigenvalue weighted by Crippen LogP contribution is -2.26. The molecule has 1 N–H and O–H groups in total. The van der Waals surface area contributed by atoms with E-state index in [0.717, 1.165) is 10.6 Å². The Bertz CT molecular complexity index is 978. The summed E-state index contributed by atoms with van der Waals surface area (Å²) < 4.78 is 34.4. The maximum absolute atomic E-state index is 12.5. The van der Waals surface area contributed by atoms with Crippen LogP contribution in [0.5, 0.6) is 5.75 Å². The van der Waals surface area contributed by atoms with Gasteiger partial charge < -0.3 is 4.74 Å². The lowest BCUT2D eigenvalue weighted by atomic mass is 10.2. The van der Waals surface area contributed by atoms with Gasteiger partial charge in [0.1, 0.15) is 15.7 Å². The molecule has 0 spiro atoms. The molecule has 0 saturated heterocycles. The molecule has 3 rings (SSSR count). The first-order valence-electron chi connectivity index (χ1n) is 7.23. The van der Waals surface area contributed by atoms with E-state index in [0.29, 0.717) is 23.0 Å². The molecule has 2 aromatic heterocycles. The van der Waals surface area contributed by atoms with Crippen LogP contribution in [0.25, 0.3) is 4.96 Å². The number of hydrogen-bond donors (Lipinski definition) is 1. The summed E-state index contributed by atoms with van der Waals surface area (Å²) in [6.45, 7) is 3.89. The molecule has 0 aliphatic rings. The van der Waals surface area contributed by atoms with Crippen molar-refractivity contribution >= 4 is 26.3 Å². The Morgan fingerprint density at radius 1 is 1.29 bits per heavy atom. The Morgan fingerprint density at radius 3 is 2.79 bits per heavy atom. The average Bonchev–Trinajstić information content (AvgIpc) is 3.09. The number of hydrogen-bond acceptors (Lipinski definition) is 7. The highest BCUT2D eigenvalue weighted by Crippen LogP contribution is 2.24. The maximum Gasteiger partial charge on any atom is 0.244 e. The van der Waals surface area contributed by atoms with Crippen molar-refractivity contribution < 1.29 is 13.2 Å². The van der Waals surface area contributed by atoms with Crippen LogP contribution >= 0.6 is 11.3 Å². The number of nitrogens with zero attached hydrogens (tertiary/aromatic N) is 4. The zero-order valence-electron chi connectivity index (χ0n) is 13.5. The number of aromatic nitrogens is 4. The molecule has 24 heavy (non-hydrogen) atoms. The van der Waals surface area contributed by atoms with Gasteiger partial charge in [-0.25, -0.2) is 13.1 Å². The van der Waals surface area contributed by atoms with Crippen molar-refractivity contribution in [1.82, 2.24) is 24.5 Å². The van der Waals surface area contributed by atoms with Gasteiger partial charge in [-0.3, -0.25) is 0 Å². The predicted octanol–water partition coefficient (Wildman–Crippen LogP) is 1.33. The molecule has 0 fully saturated rings. The molecule has 1 aromatic carbocycles. The van der Waals surface area contributed by atoms with E-state index in [-0.39, 0.29) is 11.4 Å². The van der Waals surface area contributed by atoms with Gasteiger partial charge in [0, 0.05) is 13.0 Å². The third-order valence-corrected chi connectivity index (χ3v) is 5.87. The summed E-state index contributed by atoms with van der Waals surface area (Å²) in [5.41, 5.74) is 0.847. The zero-order valence-corrected chi connectivity index (χ0v) is 15.1. The molecule has 0 unspecified atom stereocenters. The number of rotatable bonds is 6. The van der Waals surface area contributed by atoms with Crippen molar-refractivity contribution in [2.75, 3.05) is 13.7 Å². The van der Waals surface area contributed by atoms with Crippen molar-refractivity contribution in [2.24, 2.45) is 0 Å². The van der Waals surface area contributed by atoms with Crippen molar-refractivity contribution in [1.29, 1.82) is 0 Å². The van der Waals surface area contributed by atoms with Gasteiger partial charge in [0.2, 0.25) is 15.0 Å². The third-order valence-electron chi connectivity index (χ3n) is 3.43. The van der Waals surface area contributed by atoms with E-state index >= 15 is 0 Å². The van der Waals surface area contributed by atoms with E-state index in [4.69, 9.17) is 4.74 Å². The highest BCUT2D eigenvalue weighted by Gasteiger charge is 2.19. The molecular weight excluding hydrogens is 350 g/mol. The van der Waals surface area contributed by atoms with Crippen molar-refractivity contribution in [2.45, 2.75) is 25.2 Å². The summed E-state index contributed by atoms with van der Waals surface area (Å²) in [4.78, 5) is 0.838. The first-order chi connectivity index (χ1) is 11.4. The van der Waals surface area contributed by atoms with Gasteiger partial charge in [-0.1, -0.05) is 17.4 Å². The molecule has 0 radical (unpaired) electrons. The monoisotopic (exact) mass is 367 g/mol. The zero-order chi connectivity index (χ0) is 17.3. The van der Waals surface area contributed by atoms with E-state index in [1.54, 1.807) is 22.7 Å². The second-order valence-corrected chi connectivity index (χ2v) is 8.02. The number of fused-ring (bicyclic) bond motifs is 1. The SMILES string of the molecule is COc1ccc(C)cc1S(=O)(=O)NCCc1nn2c(C)nnc2s1. The minimum atomic E-state index is -3.65. The fourth-order valence-corrected chi connectivity index (χ4v) is 4.38. The number of methoxy groups -OCH3 is 1. The number of aryl methyl sites for hydroxylation is 2. The van der Waals surface area contributed by atoms with Crippen LogP contribution in [-0.2, 0) is 16.4 Å². The second-order valence-electron chi connectivity index (χ2n) is 5.24. The molecular formula is C14H17N5O3S2. The molecule has 0 bridgehead atoms. The van der Waals surface area contributed by atoms with Crippen LogP contribution in [0.3, 0.4) is 0 Å². The number of ether oxygens (including phenoxy) is 1. The van der Waals surface area contributed by atoms with E-state index in [2.05, 4.69) is 20.0 Å². The topological polar surface area (TPSA) is 98.5 Å². The lowest BCUT2D eigenvalue weighted by molar-refractivity contribution is 0.402. The van der Waals surface area contributed by atoms with Gasteiger partial charge in [0.25, 0.3) is 0 Å². The number of benzene rings is 1. The summed E-state index contributed by atoms with van der Waals surface area (Å²) in [5, 5.41) is 13.1. The van der Waals surface area contributed by atoms with Gasteiger partial charge in [0.05, 0.1) is 7.11 Å². The van der Waals surface area contributed by atoms with E-state index in [1.807, 2.05) is 13.8 Å². The molecule has 2 heterocycles. The van der Waals surface area contributed by atoms with Crippen molar-refractivity contribution in [3.8, 4) is 5.75 Å². The molecule has 0 amide bonds. The molecule has 8 nitrogen and oxygen atoms in total. The van der Waals surface area contributed by atoms with E-state index in [1.165, 1.54) is 18.4 Å². The van der Waals surface area contributed by atoms with Gasteiger partial charge in [-0.2, -0.15) is 9.61 Å². The van der Waals surface area contributed by atoms with Crippen LogP contribution in [0, 0.1) is 13.8 Å². The van der Waals surface area contributed by atoms with Crippen LogP contribution in [0.2, 0.25) is 0 Å². The second kappa shape index (κ2) is 6.46. The van der Waals surface area contributed by atoms with Gasteiger partial charge >= 0.3 is 0 Å².